The molecule has 0 bridgehead atoms. The number of anilines is 1. The minimum absolute atomic E-state index is 0.127. The molecule has 1 amide bonds. The summed E-state index contributed by atoms with van der Waals surface area (Å²) in [6.45, 7) is 0.506. The van der Waals surface area contributed by atoms with Gasteiger partial charge in [-0.2, -0.15) is 0 Å². The lowest BCUT2D eigenvalue weighted by molar-refractivity contribution is -0.116. The first-order valence-corrected chi connectivity index (χ1v) is 6.91. The highest BCUT2D eigenvalue weighted by molar-refractivity contribution is 5.92. The Morgan fingerprint density at radius 1 is 1.13 bits per heavy atom. The Morgan fingerprint density at radius 2 is 1.83 bits per heavy atom. The molecule has 0 spiro atoms. The van der Waals surface area contributed by atoms with Crippen molar-refractivity contribution >= 4 is 11.6 Å². The SMILES string of the molecule is COc1ccc(-n2cnnc2)cc1NC(=O)CCn1cnnc1. The highest BCUT2D eigenvalue weighted by Crippen LogP contribution is 2.27. The maximum atomic E-state index is 12.1. The number of aryl methyl sites for hydroxylation is 1. The molecular weight excluding hydrogens is 298 g/mol. The number of carbonyl (C=O) groups excluding carboxylic acids is 1. The molecule has 0 aliphatic carbocycles. The smallest absolute Gasteiger partial charge is 0.226 e. The van der Waals surface area contributed by atoms with Gasteiger partial charge in [-0.3, -0.25) is 9.36 Å². The summed E-state index contributed by atoms with van der Waals surface area (Å²) in [5.41, 5.74) is 1.41. The second-order valence-corrected chi connectivity index (χ2v) is 4.75. The third-order valence-electron chi connectivity index (χ3n) is 3.24. The van der Waals surface area contributed by atoms with E-state index in [-0.39, 0.29) is 5.91 Å². The number of carbonyl (C=O) groups is 1. The quantitative estimate of drug-likeness (QED) is 0.725. The van der Waals surface area contributed by atoms with E-state index in [2.05, 4.69) is 25.7 Å². The van der Waals surface area contributed by atoms with Gasteiger partial charge < -0.3 is 14.6 Å². The molecule has 23 heavy (non-hydrogen) atoms. The van der Waals surface area contributed by atoms with E-state index in [1.54, 1.807) is 53.7 Å². The fourth-order valence-corrected chi connectivity index (χ4v) is 2.07. The zero-order valence-corrected chi connectivity index (χ0v) is 12.5. The molecule has 0 saturated heterocycles. The first-order chi connectivity index (χ1) is 11.3. The average Bonchev–Trinajstić information content (AvgIpc) is 3.26. The summed E-state index contributed by atoms with van der Waals surface area (Å²) < 4.78 is 8.77. The molecular formula is C14H15N7O2. The molecule has 0 aliphatic heterocycles. The highest BCUT2D eigenvalue weighted by atomic mass is 16.5. The van der Waals surface area contributed by atoms with Gasteiger partial charge in [-0.05, 0) is 18.2 Å². The van der Waals surface area contributed by atoms with Crippen molar-refractivity contribution in [3.8, 4) is 11.4 Å². The fraction of sp³-hybridized carbons (Fsp3) is 0.214. The third kappa shape index (κ3) is 3.51. The van der Waals surface area contributed by atoms with Crippen LogP contribution >= 0.6 is 0 Å². The summed E-state index contributed by atoms with van der Waals surface area (Å²) in [5, 5.41) is 17.8. The Hall–Kier alpha value is -3.23. The summed E-state index contributed by atoms with van der Waals surface area (Å²) in [7, 11) is 1.56. The first kappa shape index (κ1) is 14.7. The summed E-state index contributed by atoms with van der Waals surface area (Å²) in [4.78, 5) is 12.1. The second kappa shape index (κ2) is 6.69. The van der Waals surface area contributed by atoms with Gasteiger partial charge in [-0.1, -0.05) is 0 Å². The van der Waals surface area contributed by atoms with Crippen molar-refractivity contribution in [2.24, 2.45) is 0 Å². The zero-order chi connectivity index (χ0) is 16.1. The van der Waals surface area contributed by atoms with E-state index < -0.39 is 0 Å². The molecule has 2 aromatic heterocycles. The predicted octanol–water partition coefficient (Wildman–Crippen LogP) is 0.896. The lowest BCUT2D eigenvalue weighted by Gasteiger charge is -2.12. The molecule has 0 radical (unpaired) electrons. The summed E-state index contributed by atoms with van der Waals surface area (Å²) in [6, 6.07) is 5.44. The molecule has 9 nitrogen and oxygen atoms in total. The van der Waals surface area contributed by atoms with Crippen molar-refractivity contribution in [2.75, 3.05) is 12.4 Å². The van der Waals surface area contributed by atoms with Gasteiger partial charge in [-0.15, -0.1) is 20.4 Å². The number of amides is 1. The largest absolute Gasteiger partial charge is 0.495 e. The molecule has 0 saturated carbocycles. The van der Waals surface area contributed by atoms with E-state index in [9.17, 15) is 4.79 Å². The minimum atomic E-state index is -0.127. The highest BCUT2D eigenvalue weighted by Gasteiger charge is 2.10. The second-order valence-electron chi connectivity index (χ2n) is 4.75. The van der Waals surface area contributed by atoms with Crippen LogP contribution in [0.4, 0.5) is 5.69 Å². The molecule has 9 heteroatoms. The molecule has 3 aromatic rings. The van der Waals surface area contributed by atoms with Gasteiger partial charge in [-0.25, -0.2) is 0 Å². The molecule has 0 aliphatic rings. The van der Waals surface area contributed by atoms with Gasteiger partial charge >= 0.3 is 0 Å². The topological polar surface area (TPSA) is 99.8 Å². The Morgan fingerprint density at radius 3 is 2.52 bits per heavy atom. The number of rotatable bonds is 6. The van der Waals surface area contributed by atoms with Gasteiger partial charge in [0, 0.05) is 13.0 Å². The number of hydrogen-bond acceptors (Lipinski definition) is 6. The van der Waals surface area contributed by atoms with Crippen molar-refractivity contribution < 1.29 is 9.53 Å². The van der Waals surface area contributed by atoms with Crippen LogP contribution in [0.3, 0.4) is 0 Å². The van der Waals surface area contributed by atoms with Crippen molar-refractivity contribution in [1.82, 2.24) is 29.5 Å². The summed E-state index contributed by atoms with van der Waals surface area (Å²) >= 11 is 0. The van der Waals surface area contributed by atoms with Crippen molar-refractivity contribution in [3.63, 3.8) is 0 Å². The van der Waals surface area contributed by atoms with Crippen LogP contribution in [0.2, 0.25) is 0 Å². The van der Waals surface area contributed by atoms with Gasteiger partial charge in [0.25, 0.3) is 0 Å². The molecule has 0 atom stereocenters. The van der Waals surface area contributed by atoms with E-state index in [1.807, 2.05) is 6.07 Å². The van der Waals surface area contributed by atoms with E-state index in [1.165, 1.54) is 0 Å². The lowest BCUT2D eigenvalue weighted by Crippen LogP contribution is -2.15. The normalized spacial score (nSPS) is 10.5. The number of methoxy groups -OCH3 is 1. The Labute approximate surface area is 131 Å². The van der Waals surface area contributed by atoms with Gasteiger partial charge in [0.15, 0.2) is 0 Å². The zero-order valence-electron chi connectivity index (χ0n) is 12.5. The van der Waals surface area contributed by atoms with Crippen molar-refractivity contribution in [1.29, 1.82) is 0 Å². The van der Waals surface area contributed by atoms with Crippen molar-refractivity contribution in [3.05, 3.63) is 43.5 Å². The Kier molecular flexibility index (Phi) is 4.27. The van der Waals surface area contributed by atoms with E-state index in [0.29, 0.717) is 24.4 Å². The van der Waals surface area contributed by atoms with Crippen LogP contribution in [0.5, 0.6) is 5.75 Å². The summed E-state index contributed by atoms with van der Waals surface area (Å²) in [6.07, 6.45) is 6.61. The van der Waals surface area contributed by atoms with Crippen LogP contribution in [0.1, 0.15) is 6.42 Å². The molecule has 1 N–H and O–H groups in total. The average molecular weight is 313 g/mol. The summed E-state index contributed by atoms with van der Waals surface area (Å²) in [5.74, 6) is 0.456. The van der Waals surface area contributed by atoms with Crippen LogP contribution in [-0.2, 0) is 11.3 Å². The first-order valence-electron chi connectivity index (χ1n) is 6.91. The number of aromatic nitrogens is 6. The van der Waals surface area contributed by atoms with Crippen LogP contribution in [0.25, 0.3) is 5.69 Å². The monoisotopic (exact) mass is 313 g/mol. The third-order valence-corrected chi connectivity index (χ3v) is 3.24. The van der Waals surface area contributed by atoms with Gasteiger partial charge in [0.2, 0.25) is 5.91 Å². The van der Waals surface area contributed by atoms with E-state index in [4.69, 9.17) is 4.74 Å². The van der Waals surface area contributed by atoms with E-state index >= 15 is 0 Å². The molecule has 3 rings (SSSR count). The number of ether oxygens (including phenoxy) is 1. The predicted molar refractivity (Wildman–Crippen MR) is 81.2 cm³/mol. The number of nitrogens with zero attached hydrogens (tertiary/aromatic N) is 6. The fourth-order valence-electron chi connectivity index (χ4n) is 2.07. The molecule has 1 aromatic carbocycles. The Balaban J connectivity index is 1.72. The maximum absolute atomic E-state index is 12.1. The number of benzene rings is 1. The van der Waals surface area contributed by atoms with Gasteiger partial charge in [0.05, 0.1) is 18.5 Å². The number of hydrogen-bond donors (Lipinski definition) is 1. The molecule has 0 fully saturated rings. The van der Waals surface area contributed by atoms with Gasteiger partial charge in [0.1, 0.15) is 31.1 Å². The van der Waals surface area contributed by atoms with Crippen LogP contribution in [-0.4, -0.2) is 42.5 Å². The lowest BCUT2D eigenvalue weighted by atomic mass is 10.2. The number of nitrogens with one attached hydrogen (secondary N) is 1. The molecule has 2 heterocycles. The van der Waals surface area contributed by atoms with Crippen LogP contribution in [0, 0.1) is 0 Å². The van der Waals surface area contributed by atoms with Crippen LogP contribution in [0.15, 0.2) is 43.5 Å². The van der Waals surface area contributed by atoms with Crippen LogP contribution < -0.4 is 10.1 Å². The minimum Gasteiger partial charge on any atom is -0.495 e. The molecule has 118 valence electrons. The maximum Gasteiger partial charge on any atom is 0.226 e. The van der Waals surface area contributed by atoms with E-state index in [0.717, 1.165) is 5.69 Å². The standard InChI is InChI=1S/C14H15N7O2/c1-23-13-3-2-11(21-9-17-18-10-21)6-12(13)19-14(22)4-5-20-7-15-16-8-20/h2-3,6-10H,4-5H2,1H3,(H,19,22). The molecule has 0 unspecified atom stereocenters. The Bertz CT molecular complexity index is 769. The van der Waals surface area contributed by atoms with Crippen molar-refractivity contribution in [2.45, 2.75) is 13.0 Å².